The first-order valence-corrected chi connectivity index (χ1v) is 4.91. The molecule has 0 bridgehead atoms. The van der Waals surface area contributed by atoms with E-state index in [-0.39, 0.29) is 16.8 Å². The van der Waals surface area contributed by atoms with Crippen molar-refractivity contribution < 1.29 is 18.0 Å². The number of aromatic nitrogens is 2. The first-order chi connectivity index (χ1) is 8.41. The lowest BCUT2D eigenvalue weighted by Crippen LogP contribution is -2.18. The standard InChI is InChI=1S/C11H8F3N3O/c12-11(13,14)9-8(7-2-1-4-16-7)6(10(15)18)3-5-17-9/h1-5,16H,(H2,15,18). The molecule has 2 aromatic heterocycles. The summed E-state index contributed by atoms with van der Waals surface area (Å²) in [6.45, 7) is 0. The summed E-state index contributed by atoms with van der Waals surface area (Å²) in [6.07, 6.45) is -2.30. The Labute approximate surface area is 99.6 Å². The molecule has 0 unspecified atom stereocenters. The SMILES string of the molecule is NC(=O)c1ccnc(C(F)(F)F)c1-c1ccc[nH]1. The number of aromatic amines is 1. The molecule has 1 amide bonds. The smallest absolute Gasteiger partial charge is 0.366 e. The Bertz CT molecular complexity index is 576. The molecule has 94 valence electrons. The summed E-state index contributed by atoms with van der Waals surface area (Å²) >= 11 is 0. The number of amides is 1. The van der Waals surface area contributed by atoms with Crippen LogP contribution < -0.4 is 5.73 Å². The second-order valence-corrected chi connectivity index (χ2v) is 3.53. The van der Waals surface area contributed by atoms with Gasteiger partial charge in [-0.15, -0.1) is 0 Å². The van der Waals surface area contributed by atoms with E-state index in [0.717, 1.165) is 12.3 Å². The van der Waals surface area contributed by atoms with E-state index in [4.69, 9.17) is 5.73 Å². The molecule has 0 fully saturated rings. The van der Waals surface area contributed by atoms with Crippen LogP contribution in [0.15, 0.2) is 30.6 Å². The normalized spacial score (nSPS) is 11.5. The molecule has 18 heavy (non-hydrogen) atoms. The first-order valence-electron chi connectivity index (χ1n) is 4.91. The van der Waals surface area contributed by atoms with Gasteiger partial charge in [0.2, 0.25) is 5.91 Å². The fourth-order valence-corrected chi connectivity index (χ4v) is 1.64. The zero-order chi connectivity index (χ0) is 13.3. The maximum Gasteiger partial charge on any atom is 0.434 e. The Morgan fingerprint density at radius 3 is 2.56 bits per heavy atom. The molecule has 3 N–H and O–H groups in total. The average molecular weight is 255 g/mol. The van der Waals surface area contributed by atoms with Crippen molar-refractivity contribution in [3.63, 3.8) is 0 Å². The molecule has 4 nitrogen and oxygen atoms in total. The van der Waals surface area contributed by atoms with Gasteiger partial charge in [0.15, 0.2) is 5.69 Å². The lowest BCUT2D eigenvalue weighted by Gasteiger charge is -2.13. The van der Waals surface area contributed by atoms with E-state index in [2.05, 4.69) is 9.97 Å². The van der Waals surface area contributed by atoms with E-state index in [1.807, 2.05) is 0 Å². The van der Waals surface area contributed by atoms with Gasteiger partial charge < -0.3 is 10.7 Å². The molecule has 0 aliphatic rings. The van der Waals surface area contributed by atoms with Crippen molar-refractivity contribution in [3.05, 3.63) is 41.9 Å². The predicted molar refractivity (Wildman–Crippen MR) is 57.5 cm³/mol. The van der Waals surface area contributed by atoms with Crippen LogP contribution in [0.25, 0.3) is 11.3 Å². The van der Waals surface area contributed by atoms with E-state index in [0.29, 0.717) is 0 Å². The molecule has 0 aliphatic heterocycles. The third-order valence-electron chi connectivity index (χ3n) is 2.35. The van der Waals surface area contributed by atoms with Crippen molar-refractivity contribution in [2.45, 2.75) is 6.18 Å². The summed E-state index contributed by atoms with van der Waals surface area (Å²) in [4.78, 5) is 17.1. The van der Waals surface area contributed by atoms with Crippen LogP contribution in [-0.2, 0) is 6.18 Å². The molecule has 7 heteroatoms. The summed E-state index contributed by atoms with van der Waals surface area (Å²) in [7, 11) is 0. The third-order valence-corrected chi connectivity index (χ3v) is 2.35. The van der Waals surface area contributed by atoms with Gasteiger partial charge in [0, 0.05) is 23.7 Å². The number of carbonyl (C=O) groups is 1. The number of carbonyl (C=O) groups excluding carboxylic acids is 1. The van der Waals surface area contributed by atoms with Gasteiger partial charge in [-0.2, -0.15) is 13.2 Å². The van der Waals surface area contributed by atoms with Crippen molar-refractivity contribution >= 4 is 5.91 Å². The largest absolute Gasteiger partial charge is 0.434 e. The number of primary amides is 1. The number of alkyl halides is 3. The fraction of sp³-hybridized carbons (Fsp3) is 0.0909. The van der Waals surface area contributed by atoms with Crippen molar-refractivity contribution in [2.24, 2.45) is 5.73 Å². The predicted octanol–water partition coefficient (Wildman–Crippen LogP) is 2.19. The van der Waals surface area contributed by atoms with E-state index < -0.39 is 17.8 Å². The lowest BCUT2D eigenvalue weighted by molar-refractivity contribution is -0.140. The maximum absolute atomic E-state index is 12.9. The number of nitrogens with zero attached hydrogens (tertiary/aromatic N) is 1. The number of rotatable bonds is 2. The number of nitrogens with one attached hydrogen (secondary N) is 1. The van der Waals surface area contributed by atoms with Crippen molar-refractivity contribution in [2.75, 3.05) is 0 Å². The summed E-state index contributed by atoms with van der Waals surface area (Å²) in [6, 6.07) is 4.10. The first kappa shape index (κ1) is 12.2. The number of hydrogen-bond donors (Lipinski definition) is 2. The monoisotopic (exact) mass is 255 g/mol. The minimum atomic E-state index is -4.66. The topological polar surface area (TPSA) is 71.8 Å². The molecule has 0 saturated carbocycles. The number of halogens is 3. The zero-order valence-electron chi connectivity index (χ0n) is 8.95. The molecule has 0 atom stereocenters. The van der Waals surface area contributed by atoms with Gasteiger partial charge in [-0.05, 0) is 18.2 Å². The third kappa shape index (κ3) is 2.06. The molecule has 0 saturated heterocycles. The second-order valence-electron chi connectivity index (χ2n) is 3.53. The van der Waals surface area contributed by atoms with Crippen LogP contribution in [0.5, 0.6) is 0 Å². The quantitative estimate of drug-likeness (QED) is 0.863. The highest BCUT2D eigenvalue weighted by Crippen LogP contribution is 2.36. The average Bonchev–Trinajstić information content (AvgIpc) is 2.79. The number of pyridine rings is 1. The molecule has 2 rings (SSSR count). The lowest BCUT2D eigenvalue weighted by atomic mass is 10.0. The van der Waals surface area contributed by atoms with Crippen LogP contribution in [0.1, 0.15) is 16.1 Å². The molecule has 0 radical (unpaired) electrons. The summed E-state index contributed by atoms with van der Waals surface area (Å²) < 4.78 is 38.6. The van der Waals surface area contributed by atoms with Crippen molar-refractivity contribution in [1.29, 1.82) is 0 Å². The maximum atomic E-state index is 12.9. The molecule has 2 heterocycles. The Hall–Kier alpha value is -2.31. The Morgan fingerprint density at radius 1 is 1.33 bits per heavy atom. The van der Waals surface area contributed by atoms with Gasteiger partial charge >= 0.3 is 6.18 Å². The van der Waals surface area contributed by atoms with Crippen LogP contribution in [0, 0.1) is 0 Å². The Morgan fingerprint density at radius 2 is 2.06 bits per heavy atom. The van der Waals surface area contributed by atoms with Crippen LogP contribution >= 0.6 is 0 Å². The minimum absolute atomic E-state index is 0.143. The van der Waals surface area contributed by atoms with Crippen molar-refractivity contribution in [1.82, 2.24) is 9.97 Å². The molecule has 2 aromatic rings. The van der Waals surface area contributed by atoms with Gasteiger partial charge in [0.25, 0.3) is 0 Å². The van der Waals surface area contributed by atoms with Crippen LogP contribution in [0.4, 0.5) is 13.2 Å². The molecular weight excluding hydrogens is 247 g/mol. The van der Waals surface area contributed by atoms with Gasteiger partial charge in [-0.3, -0.25) is 9.78 Å². The van der Waals surface area contributed by atoms with Gasteiger partial charge in [-0.1, -0.05) is 0 Å². The zero-order valence-corrected chi connectivity index (χ0v) is 8.95. The Balaban J connectivity index is 2.77. The highest BCUT2D eigenvalue weighted by Gasteiger charge is 2.37. The highest BCUT2D eigenvalue weighted by molar-refractivity contribution is 5.99. The molecule has 0 aromatic carbocycles. The van der Waals surface area contributed by atoms with E-state index in [1.54, 1.807) is 0 Å². The van der Waals surface area contributed by atoms with Crippen LogP contribution in [0.2, 0.25) is 0 Å². The molecule has 0 spiro atoms. The molecular formula is C11H8F3N3O. The summed E-state index contributed by atoms with van der Waals surface area (Å²) in [5.41, 5.74) is 3.54. The Kier molecular flexibility index (Phi) is 2.82. The minimum Gasteiger partial charge on any atom is -0.366 e. The van der Waals surface area contributed by atoms with Gasteiger partial charge in [0.05, 0.1) is 5.56 Å². The van der Waals surface area contributed by atoms with E-state index >= 15 is 0 Å². The van der Waals surface area contributed by atoms with Crippen LogP contribution in [0.3, 0.4) is 0 Å². The van der Waals surface area contributed by atoms with E-state index in [1.165, 1.54) is 18.3 Å². The van der Waals surface area contributed by atoms with Gasteiger partial charge in [0.1, 0.15) is 0 Å². The molecule has 0 aliphatic carbocycles. The second kappa shape index (κ2) is 4.17. The number of nitrogens with two attached hydrogens (primary N) is 1. The van der Waals surface area contributed by atoms with Crippen molar-refractivity contribution in [3.8, 4) is 11.3 Å². The highest BCUT2D eigenvalue weighted by atomic mass is 19.4. The summed E-state index contributed by atoms with van der Waals surface area (Å²) in [5, 5.41) is 0. The number of H-pyrrole nitrogens is 1. The fourth-order valence-electron chi connectivity index (χ4n) is 1.64. The van der Waals surface area contributed by atoms with E-state index in [9.17, 15) is 18.0 Å². The van der Waals surface area contributed by atoms with Crippen LogP contribution in [-0.4, -0.2) is 15.9 Å². The summed E-state index contributed by atoms with van der Waals surface area (Å²) in [5.74, 6) is -0.937. The van der Waals surface area contributed by atoms with Gasteiger partial charge in [-0.25, -0.2) is 0 Å². The number of hydrogen-bond acceptors (Lipinski definition) is 2.